The molecule has 7 nitrogen and oxygen atoms in total. The van der Waals surface area contributed by atoms with Crippen LogP contribution in [0.15, 0.2) is 0 Å². The van der Waals surface area contributed by atoms with Crippen molar-refractivity contribution >= 4 is 17.7 Å². The van der Waals surface area contributed by atoms with Crippen molar-refractivity contribution < 1.29 is 14.4 Å². The number of piperazine rings is 1. The molecular weight excluding hydrogens is 284 g/mol. The maximum absolute atomic E-state index is 12.3. The molecule has 22 heavy (non-hydrogen) atoms. The van der Waals surface area contributed by atoms with E-state index >= 15 is 0 Å². The van der Waals surface area contributed by atoms with Crippen molar-refractivity contribution in [1.29, 1.82) is 0 Å². The first kappa shape index (κ1) is 16.7. The van der Waals surface area contributed by atoms with E-state index in [1.165, 1.54) is 0 Å². The fraction of sp³-hybridized carbons (Fsp3) is 0.800. The second kappa shape index (κ2) is 7.58. The highest BCUT2D eigenvalue weighted by atomic mass is 16.2. The molecule has 2 heterocycles. The zero-order chi connectivity index (χ0) is 16.1. The third kappa shape index (κ3) is 4.19. The van der Waals surface area contributed by atoms with Crippen LogP contribution in [0.1, 0.15) is 19.8 Å². The van der Waals surface area contributed by atoms with Crippen LogP contribution in [0.2, 0.25) is 0 Å². The van der Waals surface area contributed by atoms with Crippen LogP contribution in [0.4, 0.5) is 0 Å². The normalized spacial score (nSPS) is 20.8. The lowest BCUT2D eigenvalue weighted by Gasteiger charge is -2.36. The van der Waals surface area contributed by atoms with Crippen LogP contribution < -0.4 is 5.32 Å². The smallest absolute Gasteiger partial charge is 0.236 e. The van der Waals surface area contributed by atoms with Crippen LogP contribution in [-0.2, 0) is 14.4 Å². The molecule has 0 atom stereocenters. The van der Waals surface area contributed by atoms with Gasteiger partial charge < -0.3 is 15.1 Å². The first-order chi connectivity index (χ1) is 10.5. The number of hydrogen-bond donors (Lipinski definition) is 1. The fourth-order valence-electron chi connectivity index (χ4n) is 3.12. The van der Waals surface area contributed by atoms with Crippen molar-refractivity contribution in [2.24, 2.45) is 5.92 Å². The number of likely N-dealkylation sites (tertiary alicyclic amines) is 1. The summed E-state index contributed by atoms with van der Waals surface area (Å²) in [5, 5.41) is 2.69. The molecular formula is C15H26N4O3. The maximum Gasteiger partial charge on any atom is 0.236 e. The van der Waals surface area contributed by atoms with Crippen LogP contribution in [0.3, 0.4) is 0 Å². The van der Waals surface area contributed by atoms with E-state index in [4.69, 9.17) is 0 Å². The number of piperidine rings is 1. The van der Waals surface area contributed by atoms with Crippen LogP contribution in [-0.4, -0.2) is 85.3 Å². The average molecular weight is 310 g/mol. The second-order valence-corrected chi connectivity index (χ2v) is 6.05. The molecule has 2 aliphatic heterocycles. The molecule has 0 aliphatic carbocycles. The van der Waals surface area contributed by atoms with E-state index in [9.17, 15) is 14.4 Å². The highest BCUT2D eigenvalue weighted by molar-refractivity contribution is 5.80. The lowest BCUT2D eigenvalue weighted by molar-refractivity contribution is -0.139. The van der Waals surface area contributed by atoms with Gasteiger partial charge in [0.1, 0.15) is 0 Å². The van der Waals surface area contributed by atoms with Crippen molar-refractivity contribution in [1.82, 2.24) is 20.0 Å². The summed E-state index contributed by atoms with van der Waals surface area (Å²) >= 11 is 0. The third-order valence-electron chi connectivity index (χ3n) is 4.64. The fourth-order valence-corrected chi connectivity index (χ4v) is 3.12. The SMILES string of the molecule is CNC(=O)C1CCN(CC(=O)N2CCN(C(C)=O)CC2)CC1. The summed E-state index contributed by atoms with van der Waals surface area (Å²) < 4.78 is 0. The number of amides is 3. The summed E-state index contributed by atoms with van der Waals surface area (Å²) in [6.07, 6.45) is 1.62. The van der Waals surface area contributed by atoms with E-state index in [2.05, 4.69) is 10.2 Å². The monoisotopic (exact) mass is 310 g/mol. The molecule has 2 saturated heterocycles. The third-order valence-corrected chi connectivity index (χ3v) is 4.64. The minimum atomic E-state index is 0.0726. The summed E-state index contributed by atoms with van der Waals surface area (Å²) in [6, 6.07) is 0. The Balaban J connectivity index is 1.72. The molecule has 0 aromatic rings. The Morgan fingerprint density at radius 3 is 2.00 bits per heavy atom. The van der Waals surface area contributed by atoms with Gasteiger partial charge in [0, 0.05) is 46.1 Å². The molecule has 3 amide bonds. The summed E-state index contributed by atoms with van der Waals surface area (Å²) in [5.41, 5.74) is 0. The number of nitrogens with one attached hydrogen (secondary N) is 1. The Hall–Kier alpha value is -1.63. The van der Waals surface area contributed by atoms with E-state index in [-0.39, 0.29) is 23.6 Å². The molecule has 2 rings (SSSR count). The first-order valence-electron chi connectivity index (χ1n) is 7.98. The molecule has 0 saturated carbocycles. The molecule has 1 N–H and O–H groups in total. The topological polar surface area (TPSA) is 73.0 Å². The number of carbonyl (C=O) groups is 3. The molecule has 2 aliphatic rings. The van der Waals surface area contributed by atoms with Gasteiger partial charge in [-0.1, -0.05) is 0 Å². The molecule has 0 spiro atoms. The molecule has 7 heteroatoms. The van der Waals surface area contributed by atoms with Gasteiger partial charge in [-0.15, -0.1) is 0 Å². The first-order valence-corrected chi connectivity index (χ1v) is 7.98. The van der Waals surface area contributed by atoms with Gasteiger partial charge in [0.25, 0.3) is 0 Å². The maximum atomic E-state index is 12.3. The van der Waals surface area contributed by atoms with Gasteiger partial charge in [-0.3, -0.25) is 19.3 Å². The van der Waals surface area contributed by atoms with Crippen molar-refractivity contribution in [3.63, 3.8) is 0 Å². The van der Waals surface area contributed by atoms with Gasteiger partial charge >= 0.3 is 0 Å². The summed E-state index contributed by atoms with van der Waals surface area (Å²) in [7, 11) is 1.67. The number of hydrogen-bond acceptors (Lipinski definition) is 4. The molecule has 2 fully saturated rings. The Bertz CT molecular complexity index is 425. The number of rotatable bonds is 3. The number of carbonyl (C=O) groups excluding carboxylic acids is 3. The molecule has 0 bridgehead atoms. The van der Waals surface area contributed by atoms with Gasteiger partial charge in [0.2, 0.25) is 17.7 Å². The highest BCUT2D eigenvalue weighted by Crippen LogP contribution is 2.17. The van der Waals surface area contributed by atoms with Crippen LogP contribution >= 0.6 is 0 Å². The zero-order valence-corrected chi connectivity index (χ0v) is 13.5. The number of nitrogens with zero attached hydrogens (tertiary/aromatic N) is 3. The Labute approximate surface area is 131 Å². The molecule has 0 radical (unpaired) electrons. The van der Waals surface area contributed by atoms with E-state index < -0.39 is 0 Å². The second-order valence-electron chi connectivity index (χ2n) is 6.05. The van der Waals surface area contributed by atoms with E-state index in [1.807, 2.05) is 4.90 Å². The highest BCUT2D eigenvalue weighted by Gasteiger charge is 2.27. The molecule has 0 aromatic carbocycles. The molecule has 124 valence electrons. The van der Waals surface area contributed by atoms with Gasteiger partial charge in [-0.25, -0.2) is 0 Å². The van der Waals surface area contributed by atoms with Gasteiger partial charge in [0.05, 0.1) is 6.54 Å². The summed E-state index contributed by atoms with van der Waals surface area (Å²) in [5.74, 6) is 0.381. The predicted molar refractivity (Wildman–Crippen MR) is 82.1 cm³/mol. The lowest BCUT2D eigenvalue weighted by atomic mass is 9.96. The predicted octanol–water partition coefficient (Wildman–Crippen LogP) is -0.865. The largest absolute Gasteiger partial charge is 0.359 e. The Morgan fingerprint density at radius 2 is 1.50 bits per heavy atom. The van der Waals surface area contributed by atoms with Crippen molar-refractivity contribution in [3.05, 3.63) is 0 Å². The van der Waals surface area contributed by atoms with Gasteiger partial charge in [0.15, 0.2) is 0 Å². The standard InChI is InChI=1S/C15H26N4O3/c1-12(20)18-7-9-19(10-8-18)14(21)11-17-5-3-13(4-6-17)15(22)16-2/h13H,3-11H2,1-2H3,(H,16,22). The molecule has 0 aromatic heterocycles. The van der Waals surface area contributed by atoms with Crippen LogP contribution in [0, 0.1) is 5.92 Å². The van der Waals surface area contributed by atoms with E-state index in [0.717, 1.165) is 25.9 Å². The minimum absolute atomic E-state index is 0.0726. The van der Waals surface area contributed by atoms with Gasteiger partial charge in [-0.05, 0) is 25.9 Å². The Morgan fingerprint density at radius 1 is 0.955 bits per heavy atom. The van der Waals surface area contributed by atoms with E-state index in [0.29, 0.717) is 32.7 Å². The summed E-state index contributed by atoms with van der Waals surface area (Å²) in [6.45, 7) is 6.04. The van der Waals surface area contributed by atoms with Crippen molar-refractivity contribution in [3.8, 4) is 0 Å². The lowest BCUT2D eigenvalue weighted by Crippen LogP contribution is -2.53. The molecule has 0 unspecified atom stereocenters. The van der Waals surface area contributed by atoms with E-state index in [1.54, 1.807) is 18.9 Å². The zero-order valence-electron chi connectivity index (χ0n) is 13.5. The van der Waals surface area contributed by atoms with Crippen molar-refractivity contribution in [2.75, 3.05) is 52.9 Å². The van der Waals surface area contributed by atoms with Gasteiger partial charge in [-0.2, -0.15) is 0 Å². The summed E-state index contributed by atoms with van der Waals surface area (Å²) in [4.78, 5) is 40.9. The quantitative estimate of drug-likeness (QED) is 0.736. The van der Waals surface area contributed by atoms with Crippen LogP contribution in [0.5, 0.6) is 0 Å². The van der Waals surface area contributed by atoms with Crippen LogP contribution in [0.25, 0.3) is 0 Å². The Kier molecular flexibility index (Phi) is 5.76. The minimum Gasteiger partial charge on any atom is -0.359 e. The average Bonchev–Trinajstić information content (AvgIpc) is 2.54. The van der Waals surface area contributed by atoms with Crippen molar-refractivity contribution in [2.45, 2.75) is 19.8 Å².